The molecule has 0 radical (unpaired) electrons. The SMILES string of the molecule is Cc1cccc(N(C(=O)c2snc(C(N)=O)c2N)C(C(=O)NCCC(C)C)c2ccc(Cl)cc2)c1. The molecule has 0 aliphatic carbocycles. The molecule has 0 aliphatic heterocycles. The molecule has 10 heteroatoms. The number of carbonyl (C=O) groups is 3. The number of nitrogens with two attached hydrogens (primary N) is 2. The first-order valence-corrected chi connectivity index (χ1v) is 12.2. The number of primary amides is 1. The lowest BCUT2D eigenvalue weighted by Gasteiger charge is -2.31. The summed E-state index contributed by atoms with van der Waals surface area (Å²) in [6.07, 6.45) is 0.779. The molecule has 3 amide bonds. The molecule has 0 saturated carbocycles. The topological polar surface area (TPSA) is 131 Å². The third-order valence-corrected chi connectivity index (χ3v) is 6.47. The first-order valence-electron chi connectivity index (χ1n) is 11.1. The molecule has 1 heterocycles. The van der Waals surface area contributed by atoms with Crippen LogP contribution in [0.1, 0.15) is 57.6 Å². The first kappa shape index (κ1) is 26.2. The maximum absolute atomic E-state index is 13.9. The van der Waals surface area contributed by atoms with E-state index in [2.05, 4.69) is 23.5 Å². The van der Waals surface area contributed by atoms with Crippen LogP contribution in [0.25, 0.3) is 0 Å². The molecule has 3 aromatic rings. The van der Waals surface area contributed by atoms with Crippen molar-refractivity contribution in [3.8, 4) is 0 Å². The summed E-state index contributed by atoms with van der Waals surface area (Å²) in [5, 5.41) is 3.45. The molecule has 0 saturated heterocycles. The number of nitrogens with one attached hydrogen (secondary N) is 1. The van der Waals surface area contributed by atoms with Gasteiger partial charge < -0.3 is 16.8 Å². The lowest BCUT2D eigenvalue weighted by molar-refractivity contribution is -0.122. The summed E-state index contributed by atoms with van der Waals surface area (Å²) in [5.74, 6) is -1.37. The highest BCUT2D eigenvalue weighted by Crippen LogP contribution is 2.34. The average molecular weight is 514 g/mol. The number of carbonyl (C=O) groups excluding carboxylic acids is 3. The third-order valence-electron chi connectivity index (χ3n) is 5.37. The van der Waals surface area contributed by atoms with Gasteiger partial charge in [0.1, 0.15) is 10.9 Å². The van der Waals surface area contributed by atoms with Gasteiger partial charge in [0.2, 0.25) is 5.91 Å². The van der Waals surface area contributed by atoms with Crippen LogP contribution in [-0.4, -0.2) is 28.6 Å². The van der Waals surface area contributed by atoms with E-state index in [-0.39, 0.29) is 22.2 Å². The molecule has 0 bridgehead atoms. The zero-order chi connectivity index (χ0) is 25.7. The van der Waals surface area contributed by atoms with E-state index in [9.17, 15) is 14.4 Å². The number of nitrogens with zero attached hydrogens (tertiary/aromatic N) is 2. The highest BCUT2D eigenvalue weighted by atomic mass is 35.5. The second kappa shape index (κ2) is 11.3. The molecule has 1 unspecified atom stereocenters. The van der Waals surface area contributed by atoms with Crippen LogP contribution in [0, 0.1) is 12.8 Å². The molecule has 35 heavy (non-hydrogen) atoms. The van der Waals surface area contributed by atoms with E-state index < -0.39 is 17.9 Å². The number of hydrogen-bond donors (Lipinski definition) is 3. The van der Waals surface area contributed by atoms with Crippen molar-refractivity contribution in [3.05, 3.63) is 75.3 Å². The van der Waals surface area contributed by atoms with E-state index in [1.54, 1.807) is 42.5 Å². The van der Waals surface area contributed by atoms with E-state index in [1.165, 1.54) is 4.90 Å². The highest BCUT2D eigenvalue weighted by Gasteiger charge is 2.36. The van der Waals surface area contributed by atoms with Gasteiger partial charge in [-0.15, -0.1) is 0 Å². The number of hydrogen-bond acceptors (Lipinski definition) is 6. The van der Waals surface area contributed by atoms with Crippen molar-refractivity contribution in [1.29, 1.82) is 0 Å². The second-order valence-corrected chi connectivity index (χ2v) is 9.79. The summed E-state index contributed by atoms with van der Waals surface area (Å²) in [5.41, 5.74) is 13.1. The monoisotopic (exact) mass is 513 g/mol. The predicted octanol–water partition coefficient (Wildman–Crippen LogP) is 4.34. The predicted molar refractivity (Wildman–Crippen MR) is 140 cm³/mol. The molecule has 3 rings (SSSR count). The summed E-state index contributed by atoms with van der Waals surface area (Å²) in [4.78, 5) is 40.6. The van der Waals surface area contributed by atoms with E-state index in [4.69, 9.17) is 23.1 Å². The van der Waals surface area contributed by atoms with Crippen molar-refractivity contribution >= 4 is 52.2 Å². The molecular formula is C25H28ClN5O3S. The summed E-state index contributed by atoms with van der Waals surface area (Å²) in [6, 6.07) is 12.9. The van der Waals surface area contributed by atoms with Gasteiger partial charge >= 0.3 is 0 Å². The summed E-state index contributed by atoms with van der Waals surface area (Å²) in [6.45, 7) is 6.46. The Bertz CT molecular complexity index is 1230. The van der Waals surface area contributed by atoms with Crippen LogP contribution in [-0.2, 0) is 4.79 Å². The van der Waals surface area contributed by atoms with Gasteiger partial charge in [0.05, 0.1) is 5.69 Å². The second-order valence-electron chi connectivity index (χ2n) is 8.58. The van der Waals surface area contributed by atoms with Crippen molar-refractivity contribution in [2.45, 2.75) is 33.2 Å². The van der Waals surface area contributed by atoms with Crippen molar-refractivity contribution in [3.63, 3.8) is 0 Å². The van der Waals surface area contributed by atoms with Crippen molar-refractivity contribution < 1.29 is 14.4 Å². The molecule has 1 atom stereocenters. The fourth-order valence-corrected chi connectivity index (χ4v) is 4.41. The Kier molecular flexibility index (Phi) is 8.48. The Hall–Kier alpha value is -3.43. The van der Waals surface area contributed by atoms with Gasteiger partial charge in [-0.2, -0.15) is 4.37 Å². The van der Waals surface area contributed by atoms with Crippen LogP contribution in [0.15, 0.2) is 48.5 Å². The van der Waals surface area contributed by atoms with Gasteiger partial charge in [-0.3, -0.25) is 19.3 Å². The van der Waals surface area contributed by atoms with Gasteiger partial charge in [-0.05, 0) is 66.2 Å². The highest BCUT2D eigenvalue weighted by molar-refractivity contribution is 7.09. The Morgan fingerprint density at radius 2 is 1.83 bits per heavy atom. The minimum atomic E-state index is -1.03. The molecule has 2 aromatic carbocycles. The Labute approximate surface area is 213 Å². The van der Waals surface area contributed by atoms with Gasteiger partial charge in [0.25, 0.3) is 11.8 Å². The number of nitrogen functional groups attached to an aromatic ring is 1. The number of anilines is 2. The zero-order valence-electron chi connectivity index (χ0n) is 19.7. The smallest absolute Gasteiger partial charge is 0.273 e. The maximum Gasteiger partial charge on any atom is 0.273 e. The van der Waals surface area contributed by atoms with Crippen molar-refractivity contribution in [2.75, 3.05) is 17.2 Å². The van der Waals surface area contributed by atoms with Crippen molar-refractivity contribution in [2.24, 2.45) is 11.7 Å². The standard InChI is InChI=1S/C25H28ClN5O3S/c1-14(2)11-12-29-24(33)21(16-7-9-17(26)10-8-16)31(18-6-4-5-15(3)13-18)25(34)22-19(27)20(23(28)32)30-35-22/h4-10,13-14,21H,11-12,27H2,1-3H3,(H2,28,32)(H,29,33). The minimum absolute atomic E-state index is 0.0225. The molecule has 8 nitrogen and oxygen atoms in total. The van der Waals surface area contributed by atoms with Gasteiger partial charge in [0.15, 0.2) is 5.69 Å². The lowest BCUT2D eigenvalue weighted by atomic mass is 10.0. The van der Waals surface area contributed by atoms with E-state index in [0.29, 0.717) is 28.7 Å². The Morgan fingerprint density at radius 1 is 1.14 bits per heavy atom. The number of benzene rings is 2. The average Bonchev–Trinajstić information content (AvgIpc) is 3.19. The number of rotatable bonds is 9. The fraction of sp³-hybridized carbons (Fsp3) is 0.280. The molecule has 0 fully saturated rings. The molecule has 1 aromatic heterocycles. The quantitative estimate of drug-likeness (QED) is 0.391. The minimum Gasteiger partial charge on any atom is -0.395 e. The molecule has 184 valence electrons. The third kappa shape index (κ3) is 6.17. The van der Waals surface area contributed by atoms with E-state index in [1.807, 2.05) is 13.0 Å². The number of amides is 3. The molecule has 5 N–H and O–H groups in total. The molecular weight excluding hydrogens is 486 g/mol. The van der Waals surface area contributed by atoms with Gasteiger partial charge in [-0.1, -0.05) is 49.7 Å². The fourth-order valence-electron chi connectivity index (χ4n) is 3.54. The van der Waals surface area contributed by atoms with Gasteiger partial charge in [-0.25, -0.2) is 0 Å². The molecule has 0 aliphatic rings. The van der Waals surface area contributed by atoms with Crippen LogP contribution >= 0.6 is 23.1 Å². The summed E-state index contributed by atoms with van der Waals surface area (Å²) in [7, 11) is 0. The zero-order valence-corrected chi connectivity index (χ0v) is 21.3. The molecule has 0 spiro atoms. The van der Waals surface area contributed by atoms with Gasteiger partial charge in [0, 0.05) is 17.3 Å². The maximum atomic E-state index is 13.9. The van der Waals surface area contributed by atoms with E-state index in [0.717, 1.165) is 23.5 Å². The van der Waals surface area contributed by atoms with Crippen LogP contribution < -0.4 is 21.7 Å². The largest absolute Gasteiger partial charge is 0.395 e. The summed E-state index contributed by atoms with van der Waals surface area (Å²) >= 11 is 6.86. The van der Waals surface area contributed by atoms with Crippen molar-refractivity contribution in [1.82, 2.24) is 9.69 Å². The van der Waals surface area contributed by atoms with Crippen LogP contribution in [0.3, 0.4) is 0 Å². The van der Waals surface area contributed by atoms with Crippen LogP contribution in [0.4, 0.5) is 11.4 Å². The number of halogens is 1. The number of aryl methyl sites for hydroxylation is 1. The van der Waals surface area contributed by atoms with E-state index >= 15 is 0 Å². The van der Waals surface area contributed by atoms with Crippen LogP contribution in [0.2, 0.25) is 5.02 Å². The summed E-state index contributed by atoms with van der Waals surface area (Å²) < 4.78 is 3.96. The first-order chi connectivity index (χ1) is 16.6. The Balaban J connectivity index is 2.16. The lowest BCUT2D eigenvalue weighted by Crippen LogP contribution is -2.44. The van der Waals surface area contributed by atoms with Crippen LogP contribution in [0.5, 0.6) is 0 Å². The number of aromatic nitrogens is 1. The normalized spacial score (nSPS) is 11.8. The Morgan fingerprint density at radius 3 is 2.40 bits per heavy atom.